The summed E-state index contributed by atoms with van der Waals surface area (Å²) in [7, 11) is -0.500. The Kier molecular flexibility index (Phi) is 6.71. The molecule has 7 nitrogen and oxygen atoms in total. The summed E-state index contributed by atoms with van der Waals surface area (Å²) in [6.07, 6.45) is 0.170. The maximum Gasteiger partial charge on any atom is 0.494 e. The summed E-state index contributed by atoms with van der Waals surface area (Å²) in [4.78, 5) is 42.9. The van der Waals surface area contributed by atoms with Gasteiger partial charge in [-0.1, -0.05) is 72.8 Å². The minimum atomic E-state index is -1.03. The van der Waals surface area contributed by atoms with Crippen molar-refractivity contribution in [3.8, 4) is 0 Å². The molecule has 3 aromatic carbocycles. The van der Waals surface area contributed by atoms with Gasteiger partial charge in [0.15, 0.2) is 0 Å². The summed E-state index contributed by atoms with van der Waals surface area (Å²) in [5, 5.41) is 0. The Labute approximate surface area is 223 Å². The highest BCUT2D eigenvalue weighted by atomic mass is 16.7. The number of hydrogen-bond acceptors (Lipinski definition) is 5. The van der Waals surface area contributed by atoms with Crippen LogP contribution in [0.4, 0.5) is 10.5 Å². The first-order chi connectivity index (χ1) is 18.1. The normalized spacial score (nSPS) is 20.8. The van der Waals surface area contributed by atoms with Gasteiger partial charge in [0.25, 0.3) is 0 Å². The Morgan fingerprint density at radius 1 is 0.711 bits per heavy atom. The van der Waals surface area contributed by atoms with Gasteiger partial charge in [-0.2, -0.15) is 0 Å². The quantitative estimate of drug-likeness (QED) is 0.364. The number of imide groups is 2. The number of amides is 4. The Hall–Kier alpha value is -3.75. The number of urea groups is 1. The third kappa shape index (κ3) is 4.77. The molecule has 3 aromatic rings. The number of carbonyl (C=O) groups is 3. The Morgan fingerprint density at radius 2 is 1.26 bits per heavy atom. The number of rotatable bonds is 6. The molecule has 0 aromatic heterocycles. The van der Waals surface area contributed by atoms with Crippen LogP contribution in [0.1, 0.15) is 38.8 Å². The van der Waals surface area contributed by atoms with Gasteiger partial charge >= 0.3 is 13.1 Å². The highest BCUT2D eigenvalue weighted by Gasteiger charge is 2.52. The fourth-order valence-corrected chi connectivity index (χ4v) is 4.69. The molecule has 8 heteroatoms. The fraction of sp³-hybridized carbons (Fsp3) is 0.300. The first-order valence-electron chi connectivity index (χ1n) is 12.8. The van der Waals surface area contributed by atoms with Crippen molar-refractivity contribution in [2.45, 2.75) is 51.9 Å². The molecule has 2 heterocycles. The molecule has 2 aliphatic heterocycles. The van der Waals surface area contributed by atoms with Crippen LogP contribution >= 0.6 is 0 Å². The van der Waals surface area contributed by atoms with E-state index in [9.17, 15) is 14.4 Å². The molecule has 0 aliphatic carbocycles. The number of nitrogens with zero attached hydrogens (tertiary/aromatic N) is 2. The number of carbonyl (C=O) groups excluding carboxylic acids is 3. The van der Waals surface area contributed by atoms with Crippen LogP contribution < -0.4 is 10.4 Å². The summed E-state index contributed by atoms with van der Waals surface area (Å²) in [5.41, 5.74) is 2.01. The van der Waals surface area contributed by atoms with Gasteiger partial charge in [0.1, 0.15) is 5.92 Å². The van der Waals surface area contributed by atoms with Gasteiger partial charge in [-0.05, 0) is 62.8 Å². The van der Waals surface area contributed by atoms with Crippen molar-refractivity contribution in [2.75, 3.05) is 4.90 Å². The monoisotopic (exact) mass is 510 g/mol. The van der Waals surface area contributed by atoms with Crippen LogP contribution in [-0.4, -0.2) is 41.1 Å². The lowest BCUT2D eigenvalue weighted by Crippen LogP contribution is -2.60. The van der Waals surface area contributed by atoms with E-state index in [1.54, 1.807) is 24.3 Å². The maximum absolute atomic E-state index is 13.6. The van der Waals surface area contributed by atoms with E-state index in [2.05, 4.69) is 0 Å². The van der Waals surface area contributed by atoms with Gasteiger partial charge in [-0.3, -0.25) is 14.5 Å². The second kappa shape index (κ2) is 9.85. The van der Waals surface area contributed by atoms with Gasteiger partial charge in [0, 0.05) is 0 Å². The summed E-state index contributed by atoms with van der Waals surface area (Å²) in [6.45, 7) is 8.10. The molecular formula is C30H31BN2O5. The van der Waals surface area contributed by atoms with Crippen molar-refractivity contribution < 1.29 is 23.7 Å². The smallest absolute Gasteiger partial charge is 0.399 e. The molecule has 1 atom stereocenters. The van der Waals surface area contributed by atoms with Crippen LogP contribution in [0.15, 0.2) is 84.9 Å². The molecule has 2 aliphatic rings. The standard InChI is InChI=1S/C30H31BN2O5/c1-29(2)30(3,4)38-31(37-29)23-17-15-21(16-18-23)19-25-26(34)32(20-22-11-7-5-8-12-22)28(36)33(27(25)35)24-13-9-6-10-14-24/h5-18,25H,19-20H2,1-4H3. The van der Waals surface area contributed by atoms with Gasteiger partial charge in [0.05, 0.1) is 23.4 Å². The van der Waals surface area contributed by atoms with E-state index in [-0.39, 0.29) is 13.0 Å². The second-order valence-electron chi connectivity index (χ2n) is 10.8. The number of benzene rings is 3. The van der Waals surface area contributed by atoms with Crippen LogP contribution in [0.2, 0.25) is 0 Å². The van der Waals surface area contributed by atoms with E-state index < -0.39 is 42.1 Å². The average Bonchev–Trinajstić information content (AvgIpc) is 3.12. The minimum absolute atomic E-state index is 0.0898. The highest BCUT2D eigenvalue weighted by Crippen LogP contribution is 2.36. The SMILES string of the molecule is CC1(C)OB(c2ccc(CC3C(=O)N(Cc4ccccc4)C(=O)N(c4ccccc4)C3=O)cc2)OC1(C)C. The van der Waals surface area contributed by atoms with E-state index in [0.29, 0.717) is 5.69 Å². The predicted molar refractivity (Wildman–Crippen MR) is 146 cm³/mol. The molecule has 0 spiro atoms. The van der Waals surface area contributed by atoms with Crippen molar-refractivity contribution in [2.24, 2.45) is 5.92 Å². The van der Waals surface area contributed by atoms with Gasteiger partial charge in [-0.15, -0.1) is 0 Å². The van der Waals surface area contributed by atoms with Crippen molar-refractivity contribution in [1.82, 2.24) is 4.90 Å². The maximum atomic E-state index is 13.6. The van der Waals surface area contributed by atoms with Gasteiger partial charge in [-0.25, -0.2) is 9.69 Å². The molecule has 0 N–H and O–H groups in total. The van der Waals surface area contributed by atoms with Gasteiger partial charge in [0.2, 0.25) is 11.8 Å². The predicted octanol–water partition coefficient (Wildman–Crippen LogP) is 4.34. The summed E-state index contributed by atoms with van der Waals surface area (Å²) in [6, 6.07) is 24.9. The van der Waals surface area contributed by atoms with Crippen LogP contribution in [0.5, 0.6) is 0 Å². The Bertz CT molecular complexity index is 1330. The van der Waals surface area contributed by atoms with E-state index >= 15 is 0 Å². The molecule has 0 radical (unpaired) electrons. The lowest BCUT2D eigenvalue weighted by Gasteiger charge is -2.37. The van der Waals surface area contributed by atoms with Crippen LogP contribution in [0, 0.1) is 5.92 Å². The van der Waals surface area contributed by atoms with E-state index in [0.717, 1.165) is 21.5 Å². The zero-order valence-electron chi connectivity index (χ0n) is 22.1. The zero-order chi connectivity index (χ0) is 27.1. The summed E-state index contributed by atoms with van der Waals surface area (Å²) >= 11 is 0. The number of hydrogen-bond donors (Lipinski definition) is 0. The molecule has 0 bridgehead atoms. The Morgan fingerprint density at radius 3 is 1.84 bits per heavy atom. The van der Waals surface area contributed by atoms with Crippen LogP contribution in [0.25, 0.3) is 0 Å². The molecule has 2 saturated heterocycles. The molecule has 5 rings (SSSR count). The fourth-order valence-electron chi connectivity index (χ4n) is 4.69. The minimum Gasteiger partial charge on any atom is -0.399 e. The van der Waals surface area contributed by atoms with E-state index in [4.69, 9.17) is 9.31 Å². The van der Waals surface area contributed by atoms with Crippen LogP contribution in [0.3, 0.4) is 0 Å². The first kappa shape index (κ1) is 25.9. The molecule has 194 valence electrons. The number of barbiturate groups is 1. The molecule has 0 saturated carbocycles. The number of para-hydroxylation sites is 1. The molecule has 1 unspecified atom stereocenters. The van der Waals surface area contributed by atoms with E-state index in [1.807, 2.05) is 88.4 Å². The van der Waals surface area contributed by atoms with Crippen molar-refractivity contribution >= 4 is 36.1 Å². The average molecular weight is 510 g/mol. The molecule has 38 heavy (non-hydrogen) atoms. The van der Waals surface area contributed by atoms with Crippen molar-refractivity contribution in [1.29, 1.82) is 0 Å². The van der Waals surface area contributed by atoms with E-state index in [1.165, 1.54) is 4.90 Å². The summed E-state index contributed by atoms with van der Waals surface area (Å²) in [5.74, 6) is -2.05. The largest absolute Gasteiger partial charge is 0.494 e. The lowest BCUT2D eigenvalue weighted by atomic mass is 9.78. The first-order valence-corrected chi connectivity index (χ1v) is 12.8. The number of anilines is 1. The third-order valence-corrected chi connectivity index (χ3v) is 7.65. The zero-order valence-corrected chi connectivity index (χ0v) is 22.1. The molecule has 4 amide bonds. The second-order valence-corrected chi connectivity index (χ2v) is 10.8. The molecular weight excluding hydrogens is 479 g/mol. The Balaban J connectivity index is 1.41. The topological polar surface area (TPSA) is 76.2 Å². The third-order valence-electron chi connectivity index (χ3n) is 7.65. The van der Waals surface area contributed by atoms with Crippen molar-refractivity contribution in [3.05, 3.63) is 96.1 Å². The van der Waals surface area contributed by atoms with Crippen molar-refractivity contribution in [3.63, 3.8) is 0 Å². The lowest BCUT2D eigenvalue weighted by molar-refractivity contribution is -0.141. The van der Waals surface area contributed by atoms with Gasteiger partial charge < -0.3 is 9.31 Å². The highest BCUT2D eigenvalue weighted by molar-refractivity contribution is 6.62. The molecule has 2 fully saturated rings. The summed E-state index contributed by atoms with van der Waals surface area (Å²) < 4.78 is 12.3. The van der Waals surface area contributed by atoms with Crippen LogP contribution in [-0.2, 0) is 31.9 Å².